The van der Waals surface area contributed by atoms with Crippen molar-refractivity contribution in [1.82, 2.24) is 5.16 Å². The van der Waals surface area contributed by atoms with Crippen LogP contribution in [0, 0.1) is 0 Å². The molecule has 1 aliphatic heterocycles. The van der Waals surface area contributed by atoms with Gasteiger partial charge in [-0.1, -0.05) is 41.6 Å². The van der Waals surface area contributed by atoms with E-state index in [2.05, 4.69) is 17.3 Å². The third kappa shape index (κ3) is 2.54. The first-order chi connectivity index (χ1) is 11.3. The average molecular weight is 308 g/mol. The Morgan fingerprint density at radius 1 is 1.09 bits per heavy atom. The van der Waals surface area contributed by atoms with E-state index in [1.54, 1.807) is 4.90 Å². The Bertz CT molecular complexity index is 842. The minimum atomic E-state index is -0.0931. The predicted octanol–water partition coefficient (Wildman–Crippen LogP) is 3.19. The zero-order chi connectivity index (χ0) is 15.6. The second-order valence-corrected chi connectivity index (χ2v) is 5.56. The number of ether oxygens (including phenoxy) is 1. The maximum atomic E-state index is 12.4. The van der Waals surface area contributed by atoms with Crippen LogP contribution >= 0.6 is 0 Å². The van der Waals surface area contributed by atoms with Crippen LogP contribution < -0.4 is 9.64 Å². The summed E-state index contributed by atoms with van der Waals surface area (Å²) in [6, 6.07) is 15.7. The third-order valence-electron chi connectivity index (χ3n) is 4.04. The number of anilines is 1. The number of carbonyl (C=O) groups excluding carboxylic acids is 1. The predicted molar refractivity (Wildman–Crippen MR) is 86.6 cm³/mol. The summed E-state index contributed by atoms with van der Waals surface area (Å²) in [6.45, 7) is 0.619. The molecule has 116 valence electrons. The molecule has 23 heavy (non-hydrogen) atoms. The molecule has 1 aromatic heterocycles. The maximum absolute atomic E-state index is 12.4. The van der Waals surface area contributed by atoms with E-state index in [9.17, 15) is 4.79 Å². The second kappa shape index (κ2) is 5.76. The van der Waals surface area contributed by atoms with Gasteiger partial charge in [-0.2, -0.15) is 0 Å². The summed E-state index contributed by atoms with van der Waals surface area (Å²) in [5.41, 5.74) is 1.90. The number of aromatic nitrogens is 1. The summed E-state index contributed by atoms with van der Waals surface area (Å²) in [5, 5.41) is 4.87. The molecule has 5 heteroatoms. The van der Waals surface area contributed by atoms with Gasteiger partial charge in [0.25, 0.3) is 5.91 Å². The molecule has 0 bridgehead atoms. The Kier molecular flexibility index (Phi) is 3.46. The summed E-state index contributed by atoms with van der Waals surface area (Å²) in [4.78, 5) is 14.1. The van der Waals surface area contributed by atoms with Crippen LogP contribution in [0.3, 0.4) is 0 Å². The molecular weight excluding hydrogens is 292 g/mol. The molecule has 0 N–H and O–H groups in total. The van der Waals surface area contributed by atoms with Gasteiger partial charge in [-0.25, -0.2) is 0 Å². The van der Waals surface area contributed by atoms with Gasteiger partial charge in [-0.05, 0) is 30.5 Å². The van der Waals surface area contributed by atoms with E-state index in [-0.39, 0.29) is 12.5 Å². The van der Waals surface area contributed by atoms with Crippen molar-refractivity contribution in [2.24, 2.45) is 0 Å². The molecule has 2 heterocycles. The van der Waals surface area contributed by atoms with Crippen LogP contribution in [0.5, 0.6) is 5.75 Å². The van der Waals surface area contributed by atoms with E-state index in [0.29, 0.717) is 23.7 Å². The van der Waals surface area contributed by atoms with Gasteiger partial charge in [0, 0.05) is 6.54 Å². The fraction of sp³-hybridized carbons (Fsp3) is 0.222. The lowest BCUT2D eigenvalue weighted by Gasteiger charge is -2.17. The lowest BCUT2D eigenvalue weighted by molar-refractivity contribution is -0.120. The summed E-state index contributed by atoms with van der Waals surface area (Å²) < 4.78 is 10.9. The fourth-order valence-electron chi connectivity index (χ4n) is 2.90. The van der Waals surface area contributed by atoms with Crippen molar-refractivity contribution < 1.29 is 14.1 Å². The first kappa shape index (κ1) is 13.8. The minimum Gasteiger partial charge on any atom is -0.483 e. The van der Waals surface area contributed by atoms with Crippen molar-refractivity contribution in [2.45, 2.75) is 12.8 Å². The fourth-order valence-corrected chi connectivity index (χ4v) is 2.90. The van der Waals surface area contributed by atoms with Crippen molar-refractivity contribution in [1.29, 1.82) is 0 Å². The van der Waals surface area contributed by atoms with Crippen LogP contribution in [0.15, 0.2) is 53.1 Å². The quantitative estimate of drug-likeness (QED) is 0.743. The van der Waals surface area contributed by atoms with Crippen molar-refractivity contribution in [3.05, 3.63) is 54.1 Å². The van der Waals surface area contributed by atoms with Gasteiger partial charge in [0.05, 0.1) is 0 Å². The van der Waals surface area contributed by atoms with Gasteiger partial charge in [-0.15, -0.1) is 0 Å². The van der Waals surface area contributed by atoms with E-state index in [1.165, 1.54) is 5.56 Å². The van der Waals surface area contributed by atoms with Gasteiger partial charge < -0.3 is 9.26 Å². The zero-order valence-electron chi connectivity index (χ0n) is 12.6. The highest BCUT2D eigenvalue weighted by molar-refractivity contribution is 6.05. The minimum absolute atomic E-state index is 0.0286. The topological polar surface area (TPSA) is 55.6 Å². The van der Waals surface area contributed by atoms with E-state index in [1.807, 2.05) is 36.4 Å². The number of aryl methyl sites for hydroxylation is 1. The molecular formula is C18H16N2O3. The van der Waals surface area contributed by atoms with Crippen molar-refractivity contribution in [2.75, 3.05) is 18.1 Å². The van der Waals surface area contributed by atoms with Crippen LogP contribution in [-0.4, -0.2) is 24.2 Å². The van der Waals surface area contributed by atoms with E-state index in [0.717, 1.165) is 18.2 Å². The molecule has 0 spiro atoms. The van der Waals surface area contributed by atoms with Gasteiger partial charge >= 0.3 is 0 Å². The van der Waals surface area contributed by atoms with E-state index < -0.39 is 0 Å². The molecule has 4 rings (SSSR count). The standard InChI is InChI=1S/C18H16N2O3/c21-16-12-22-14-9-4-10-15-17(14)18(19-23-15)20(16)11-5-8-13-6-2-1-3-7-13/h1-4,6-7,9-10H,5,8,11-12H2. The number of amides is 1. The largest absolute Gasteiger partial charge is 0.483 e. The van der Waals surface area contributed by atoms with Crippen LogP contribution in [0.4, 0.5) is 5.82 Å². The van der Waals surface area contributed by atoms with Crippen LogP contribution in [0.2, 0.25) is 0 Å². The zero-order valence-corrected chi connectivity index (χ0v) is 12.6. The van der Waals surface area contributed by atoms with Gasteiger partial charge in [0.15, 0.2) is 18.0 Å². The van der Waals surface area contributed by atoms with Crippen molar-refractivity contribution in [3.8, 4) is 5.75 Å². The average Bonchev–Trinajstić information content (AvgIpc) is 2.96. The van der Waals surface area contributed by atoms with Gasteiger partial charge in [-0.3, -0.25) is 9.69 Å². The molecule has 5 nitrogen and oxygen atoms in total. The van der Waals surface area contributed by atoms with Crippen LogP contribution in [0.1, 0.15) is 12.0 Å². The molecule has 1 amide bonds. The Hall–Kier alpha value is -2.82. The summed E-state index contributed by atoms with van der Waals surface area (Å²) in [5.74, 6) is 1.12. The Morgan fingerprint density at radius 3 is 2.83 bits per heavy atom. The molecule has 2 aromatic carbocycles. The highest BCUT2D eigenvalue weighted by atomic mass is 16.5. The number of rotatable bonds is 4. The molecule has 0 saturated carbocycles. The smallest absolute Gasteiger partial charge is 0.266 e. The van der Waals surface area contributed by atoms with E-state index >= 15 is 0 Å². The molecule has 3 aromatic rings. The molecule has 0 unspecified atom stereocenters. The molecule has 0 radical (unpaired) electrons. The van der Waals surface area contributed by atoms with Gasteiger partial charge in [0.1, 0.15) is 11.1 Å². The summed E-state index contributed by atoms with van der Waals surface area (Å²) >= 11 is 0. The number of nitrogens with zero attached hydrogens (tertiary/aromatic N) is 2. The highest BCUT2D eigenvalue weighted by Crippen LogP contribution is 2.36. The monoisotopic (exact) mass is 308 g/mol. The second-order valence-electron chi connectivity index (χ2n) is 5.56. The molecule has 0 aliphatic carbocycles. The van der Waals surface area contributed by atoms with Crippen molar-refractivity contribution >= 4 is 22.7 Å². The Morgan fingerprint density at radius 2 is 1.96 bits per heavy atom. The first-order valence-corrected chi connectivity index (χ1v) is 7.68. The van der Waals surface area contributed by atoms with Gasteiger partial charge in [0.2, 0.25) is 0 Å². The highest BCUT2D eigenvalue weighted by Gasteiger charge is 2.27. The van der Waals surface area contributed by atoms with Crippen molar-refractivity contribution in [3.63, 3.8) is 0 Å². The summed E-state index contributed by atoms with van der Waals surface area (Å²) in [7, 11) is 0. The third-order valence-corrected chi connectivity index (χ3v) is 4.04. The molecule has 1 aliphatic rings. The lowest BCUT2D eigenvalue weighted by atomic mass is 10.1. The maximum Gasteiger partial charge on any atom is 0.266 e. The Labute approximate surface area is 133 Å². The normalized spacial score (nSPS) is 13.9. The Balaban J connectivity index is 1.58. The summed E-state index contributed by atoms with van der Waals surface area (Å²) in [6.07, 6.45) is 1.76. The number of carbonyl (C=O) groups is 1. The van der Waals surface area contributed by atoms with E-state index in [4.69, 9.17) is 9.26 Å². The molecule has 0 fully saturated rings. The molecule has 0 saturated heterocycles. The first-order valence-electron chi connectivity index (χ1n) is 7.68. The molecule has 0 atom stereocenters. The number of benzene rings is 2. The van der Waals surface area contributed by atoms with Crippen LogP contribution in [-0.2, 0) is 11.2 Å². The van der Waals surface area contributed by atoms with Crippen LogP contribution in [0.25, 0.3) is 11.0 Å². The lowest BCUT2D eigenvalue weighted by Crippen LogP contribution is -2.35. The SMILES string of the molecule is O=C1COc2cccc3onc(c23)N1CCCc1ccccc1. The number of hydrogen-bond acceptors (Lipinski definition) is 4. The number of hydrogen-bond donors (Lipinski definition) is 0.